The molecule has 1 aliphatic rings. The van der Waals surface area contributed by atoms with Gasteiger partial charge in [-0.3, -0.25) is 4.79 Å². The average molecular weight is 208 g/mol. The smallest absolute Gasteiger partial charge is 0.276 e. The quantitative estimate of drug-likeness (QED) is 0.708. The van der Waals surface area contributed by atoms with Crippen LogP contribution in [0.5, 0.6) is 0 Å². The number of rotatable bonds is 1. The van der Waals surface area contributed by atoms with Crippen LogP contribution in [0, 0.1) is 5.41 Å². The van der Waals surface area contributed by atoms with Crippen molar-refractivity contribution in [3.05, 3.63) is 16.7 Å². The van der Waals surface area contributed by atoms with Crippen molar-refractivity contribution in [2.45, 2.75) is 20.3 Å². The van der Waals surface area contributed by atoms with E-state index in [2.05, 4.69) is 28.7 Å². The van der Waals surface area contributed by atoms with Gasteiger partial charge in [-0.25, -0.2) is 4.98 Å². The summed E-state index contributed by atoms with van der Waals surface area (Å²) in [5.74, 6) is 0.615. The molecule has 82 valence electrons. The zero-order valence-corrected chi connectivity index (χ0v) is 9.08. The molecule has 1 aromatic rings. The minimum absolute atomic E-state index is 0.218. The van der Waals surface area contributed by atoms with Gasteiger partial charge in [0.15, 0.2) is 5.82 Å². The van der Waals surface area contributed by atoms with Crippen molar-refractivity contribution in [2.24, 2.45) is 5.41 Å². The lowest BCUT2D eigenvalue weighted by Gasteiger charge is -2.21. The van der Waals surface area contributed by atoms with Gasteiger partial charge in [0.2, 0.25) is 0 Å². The number of nitrogens with two attached hydrogens (primary N) is 1. The number of H-pyrrole nitrogens is 1. The average Bonchev–Trinajstić information content (AvgIpc) is 2.51. The Balaban J connectivity index is 2.32. The minimum Gasteiger partial charge on any atom is -0.391 e. The maximum Gasteiger partial charge on any atom is 0.276 e. The summed E-state index contributed by atoms with van der Waals surface area (Å²) in [6, 6.07) is 0. The van der Waals surface area contributed by atoms with Gasteiger partial charge in [0.25, 0.3) is 5.56 Å². The lowest BCUT2D eigenvalue weighted by atomic mass is 9.93. The fraction of sp³-hybridized carbons (Fsp3) is 0.600. The molecule has 0 aromatic carbocycles. The Kier molecular flexibility index (Phi) is 2.17. The highest BCUT2D eigenvalue weighted by molar-refractivity contribution is 5.61. The zero-order chi connectivity index (χ0) is 11.1. The lowest BCUT2D eigenvalue weighted by molar-refractivity contribution is 0.418. The predicted molar refractivity (Wildman–Crippen MR) is 59.9 cm³/mol. The van der Waals surface area contributed by atoms with Crippen LogP contribution in [0.1, 0.15) is 20.3 Å². The molecule has 1 aromatic heterocycles. The first-order chi connectivity index (χ1) is 6.99. The number of hydrogen-bond acceptors (Lipinski definition) is 4. The molecule has 5 nitrogen and oxygen atoms in total. The van der Waals surface area contributed by atoms with E-state index in [9.17, 15) is 4.79 Å². The van der Waals surface area contributed by atoms with Gasteiger partial charge in [0.05, 0.1) is 6.33 Å². The molecule has 2 rings (SSSR count). The molecule has 0 atom stereocenters. The molecule has 0 bridgehead atoms. The van der Waals surface area contributed by atoms with Crippen LogP contribution in [0.3, 0.4) is 0 Å². The second-order valence-electron chi connectivity index (χ2n) is 4.80. The third-order valence-electron chi connectivity index (χ3n) is 2.84. The summed E-state index contributed by atoms with van der Waals surface area (Å²) in [5.41, 5.74) is 5.94. The van der Waals surface area contributed by atoms with Crippen molar-refractivity contribution < 1.29 is 0 Å². The summed E-state index contributed by atoms with van der Waals surface area (Å²) in [6.07, 6.45) is 2.50. The molecule has 1 fully saturated rings. The van der Waals surface area contributed by atoms with Gasteiger partial charge < -0.3 is 15.6 Å². The Hall–Kier alpha value is -1.52. The van der Waals surface area contributed by atoms with Crippen LogP contribution in [-0.4, -0.2) is 23.1 Å². The van der Waals surface area contributed by atoms with Crippen LogP contribution in [0.25, 0.3) is 0 Å². The van der Waals surface area contributed by atoms with Crippen LogP contribution in [-0.2, 0) is 0 Å². The fourth-order valence-electron chi connectivity index (χ4n) is 1.95. The number of nitrogen functional groups attached to an aromatic ring is 1. The first kappa shape index (κ1) is 10.0. The van der Waals surface area contributed by atoms with Crippen molar-refractivity contribution in [3.8, 4) is 0 Å². The molecule has 5 heteroatoms. The van der Waals surface area contributed by atoms with Crippen LogP contribution < -0.4 is 16.2 Å². The molecule has 0 amide bonds. The number of hydrogen-bond donors (Lipinski definition) is 2. The van der Waals surface area contributed by atoms with Gasteiger partial charge in [-0.15, -0.1) is 0 Å². The topological polar surface area (TPSA) is 75.0 Å². The first-order valence-corrected chi connectivity index (χ1v) is 5.08. The van der Waals surface area contributed by atoms with E-state index in [-0.39, 0.29) is 16.7 Å². The Morgan fingerprint density at radius 2 is 2.33 bits per heavy atom. The maximum atomic E-state index is 11.3. The molecular weight excluding hydrogens is 192 g/mol. The molecule has 0 radical (unpaired) electrons. The Bertz CT molecular complexity index is 424. The summed E-state index contributed by atoms with van der Waals surface area (Å²) >= 11 is 0. The van der Waals surface area contributed by atoms with Gasteiger partial charge >= 0.3 is 0 Å². The molecule has 0 aliphatic carbocycles. The summed E-state index contributed by atoms with van der Waals surface area (Å²) in [4.78, 5) is 20.0. The maximum absolute atomic E-state index is 11.3. The number of aromatic nitrogens is 2. The van der Waals surface area contributed by atoms with Gasteiger partial charge in [-0.2, -0.15) is 0 Å². The summed E-state index contributed by atoms with van der Waals surface area (Å²) < 4.78 is 0. The van der Waals surface area contributed by atoms with Crippen LogP contribution >= 0.6 is 0 Å². The van der Waals surface area contributed by atoms with Crippen LogP contribution in [0.4, 0.5) is 11.5 Å². The second-order valence-corrected chi connectivity index (χ2v) is 4.80. The van der Waals surface area contributed by atoms with Crippen LogP contribution in [0.2, 0.25) is 0 Å². The van der Waals surface area contributed by atoms with Gasteiger partial charge in [0, 0.05) is 13.1 Å². The monoisotopic (exact) mass is 208 g/mol. The lowest BCUT2D eigenvalue weighted by Crippen LogP contribution is -2.27. The third kappa shape index (κ3) is 1.82. The van der Waals surface area contributed by atoms with E-state index in [1.807, 2.05) is 0 Å². The van der Waals surface area contributed by atoms with Gasteiger partial charge in [0.1, 0.15) is 5.69 Å². The largest absolute Gasteiger partial charge is 0.391 e. The molecule has 0 unspecified atom stereocenters. The second kappa shape index (κ2) is 3.25. The Morgan fingerprint density at radius 1 is 1.60 bits per heavy atom. The zero-order valence-electron chi connectivity index (χ0n) is 9.08. The molecule has 1 aliphatic heterocycles. The van der Waals surface area contributed by atoms with Crippen molar-refractivity contribution in [2.75, 3.05) is 23.7 Å². The van der Waals surface area contributed by atoms with E-state index < -0.39 is 0 Å². The fourth-order valence-corrected chi connectivity index (χ4v) is 1.95. The van der Waals surface area contributed by atoms with E-state index >= 15 is 0 Å². The van der Waals surface area contributed by atoms with Crippen molar-refractivity contribution in [1.29, 1.82) is 0 Å². The molecule has 3 N–H and O–H groups in total. The minimum atomic E-state index is -0.260. The van der Waals surface area contributed by atoms with Gasteiger partial charge in [-0.05, 0) is 11.8 Å². The third-order valence-corrected chi connectivity index (χ3v) is 2.84. The summed E-state index contributed by atoms with van der Waals surface area (Å²) in [7, 11) is 0. The van der Waals surface area contributed by atoms with E-state index in [1.54, 1.807) is 0 Å². The van der Waals surface area contributed by atoms with E-state index in [4.69, 9.17) is 5.73 Å². The van der Waals surface area contributed by atoms with E-state index in [0.717, 1.165) is 19.5 Å². The predicted octanol–water partition coefficient (Wildman–Crippen LogP) is 0.588. The normalized spacial score (nSPS) is 19.5. The number of anilines is 2. The van der Waals surface area contributed by atoms with Crippen molar-refractivity contribution in [1.82, 2.24) is 9.97 Å². The Morgan fingerprint density at radius 3 is 2.93 bits per heavy atom. The molecular formula is C10H16N4O. The molecule has 2 heterocycles. The highest BCUT2D eigenvalue weighted by Crippen LogP contribution is 2.32. The number of nitrogens with zero attached hydrogens (tertiary/aromatic N) is 2. The molecule has 1 saturated heterocycles. The SMILES string of the molecule is CC1(C)CCN(c2nc[nH]c(=O)c2N)C1. The highest BCUT2D eigenvalue weighted by Gasteiger charge is 2.31. The summed E-state index contributed by atoms with van der Waals surface area (Å²) in [5, 5.41) is 0. The summed E-state index contributed by atoms with van der Waals surface area (Å²) in [6.45, 7) is 6.22. The molecule has 0 saturated carbocycles. The standard InChI is InChI=1S/C10H16N4O/c1-10(2)3-4-14(5-10)8-7(11)9(15)13-6-12-8/h6H,3-5,11H2,1-2H3,(H,12,13,15). The van der Waals surface area contributed by atoms with E-state index in [1.165, 1.54) is 6.33 Å². The van der Waals surface area contributed by atoms with Gasteiger partial charge in [-0.1, -0.05) is 13.8 Å². The van der Waals surface area contributed by atoms with Crippen LogP contribution in [0.15, 0.2) is 11.1 Å². The van der Waals surface area contributed by atoms with Crippen molar-refractivity contribution >= 4 is 11.5 Å². The molecule has 15 heavy (non-hydrogen) atoms. The van der Waals surface area contributed by atoms with E-state index in [0.29, 0.717) is 5.82 Å². The number of nitrogens with one attached hydrogen (secondary N) is 1. The Labute approximate surface area is 88.3 Å². The van der Waals surface area contributed by atoms with Crippen molar-refractivity contribution in [3.63, 3.8) is 0 Å². The highest BCUT2D eigenvalue weighted by atomic mass is 16.1. The first-order valence-electron chi connectivity index (χ1n) is 5.08. The number of aromatic amines is 1. The molecule has 0 spiro atoms.